The smallest absolute Gasteiger partial charge is 0.165 e. The number of benzene rings is 1. The predicted molar refractivity (Wildman–Crippen MR) is 143 cm³/mol. The molecule has 5 fully saturated rings. The Kier molecular flexibility index (Phi) is 4.74. The fourth-order valence-electron chi connectivity index (χ4n) is 10.1. The molecule has 0 amide bonds. The van der Waals surface area contributed by atoms with E-state index in [4.69, 9.17) is 9.47 Å². The Morgan fingerprint density at radius 1 is 1.22 bits per heavy atom. The quantitative estimate of drug-likeness (QED) is 0.533. The molecule has 2 aliphatic heterocycles. The number of aromatic hydroxyl groups is 1. The summed E-state index contributed by atoms with van der Waals surface area (Å²) >= 11 is 1.77. The minimum absolute atomic E-state index is 0.0155. The first-order valence-corrected chi connectivity index (χ1v) is 15.3. The topological polar surface area (TPSA) is 62.2 Å². The molecule has 5 aliphatic carbocycles. The summed E-state index contributed by atoms with van der Waals surface area (Å²) in [5.41, 5.74) is 1.11. The molecule has 9 rings (SSSR count). The number of hydrogen-bond acceptors (Lipinski definition) is 6. The standard InChI is InChI=1S/C31H39NO4S/c1-28(34,10-9-21-4-3-15-37-21)23-17-29-11-12-31(23,35-2)27-30(29)13-14-32(18-19-5-6-19)24(29)16-20-7-8-22(33)26(36-27)25(20)30/h3-4,7-8,15,19,23-24,27,33-34H,5-6,9-14,16-18H2,1-2H3/t23?,24-,27?,28-,29+,30+,31-/m1/s1. The van der Waals surface area contributed by atoms with Gasteiger partial charge in [0.05, 0.1) is 5.60 Å². The molecule has 2 N–H and O–H groups in total. The molecule has 198 valence electrons. The number of rotatable bonds is 7. The number of hydrogen-bond donors (Lipinski definition) is 2. The van der Waals surface area contributed by atoms with Gasteiger partial charge in [-0.25, -0.2) is 0 Å². The number of methoxy groups -OCH3 is 1. The number of aliphatic hydroxyl groups is 1. The van der Waals surface area contributed by atoms with Gasteiger partial charge in [-0.3, -0.25) is 4.90 Å². The van der Waals surface area contributed by atoms with Gasteiger partial charge in [-0.15, -0.1) is 11.3 Å². The SMILES string of the molecule is CO[C@]12CC[C@]3(CC1[C@](C)(O)CCc1cccs1)[C@H]1Cc4ccc(O)c5c4[C@@]3(CCN1CC1CC1)C2O5. The molecule has 7 aliphatic rings. The van der Waals surface area contributed by atoms with Crippen LogP contribution in [0.2, 0.25) is 0 Å². The number of nitrogens with zero attached hydrogens (tertiary/aromatic N) is 1. The molecule has 1 aromatic carbocycles. The number of thiophene rings is 1. The zero-order chi connectivity index (χ0) is 25.2. The van der Waals surface area contributed by atoms with Crippen molar-refractivity contribution in [2.75, 3.05) is 20.2 Å². The van der Waals surface area contributed by atoms with Gasteiger partial charge >= 0.3 is 0 Å². The normalized spacial score (nSPS) is 40.8. The molecule has 7 atom stereocenters. The predicted octanol–water partition coefficient (Wildman–Crippen LogP) is 5.06. The van der Waals surface area contributed by atoms with Crippen molar-refractivity contribution < 1.29 is 19.7 Å². The van der Waals surface area contributed by atoms with Gasteiger partial charge in [-0.2, -0.15) is 0 Å². The Labute approximate surface area is 223 Å². The van der Waals surface area contributed by atoms with E-state index in [1.54, 1.807) is 11.3 Å². The van der Waals surface area contributed by atoms with E-state index in [2.05, 4.69) is 35.4 Å². The third-order valence-corrected chi connectivity index (χ3v) is 12.8. The average Bonchev–Trinajstić information content (AvgIpc) is 3.40. The van der Waals surface area contributed by atoms with Crippen molar-refractivity contribution >= 4 is 11.3 Å². The van der Waals surface area contributed by atoms with Crippen LogP contribution in [-0.2, 0) is 23.0 Å². The molecule has 4 bridgehead atoms. The van der Waals surface area contributed by atoms with E-state index in [9.17, 15) is 10.2 Å². The van der Waals surface area contributed by atoms with Crippen LogP contribution in [0, 0.1) is 17.3 Å². The molecule has 5 nitrogen and oxygen atoms in total. The van der Waals surface area contributed by atoms with Crippen molar-refractivity contribution in [1.82, 2.24) is 4.90 Å². The maximum atomic E-state index is 12.3. The molecule has 37 heavy (non-hydrogen) atoms. The van der Waals surface area contributed by atoms with Crippen LogP contribution in [0.5, 0.6) is 11.5 Å². The molecule has 3 heterocycles. The van der Waals surface area contributed by atoms with Crippen LogP contribution in [0.25, 0.3) is 0 Å². The van der Waals surface area contributed by atoms with Gasteiger partial charge in [0.25, 0.3) is 0 Å². The van der Waals surface area contributed by atoms with Crippen molar-refractivity contribution in [1.29, 1.82) is 0 Å². The van der Waals surface area contributed by atoms with Crippen LogP contribution in [0.3, 0.4) is 0 Å². The second kappa shape index (κ2) is 7.53. The zero-order valence-electron chi connectivity index (χ0n) is 22.0. The first-order chi connectivity index (χ1) is 17.8. The van der Waals surface area contributed by atoms with Gasteiger partial charge < -0.3 is 19.7 Å². The molecule has 2 aromatic rings. The molecule has 2 spiro atoms. The molecule has 4 saturated carbocycles. The van der Waals surface area contributed by atoms with Crippen LogP contribution < -0.4 is 4.74 Å². The van der Waals surface area contributed by atoms with Gasteiger partial charge in [0.2, 0.25) is 0 Å². The number of likely N-dealkylation sites (tertiary alicyclic amines) is 1. The fourth-order valence-corrected chi connectivity index (χ4v) is 10.8. The first kappa shape index (κ1) is 23.3. The largest absolute Gasteiger partial charge is 0.504 e. The Bertz CT molecular complexity index is 1240. The highest BCUT2D eigenvalue weighted by Gasteiger charge is 2.81. The summed E-state index contributed by atoms with van der Waals surface area (Å²) in [4.78, 5) is 4.16. The minimum atomic E-state index is -0.870. The molecule has 2 unspecified atom stereocenters. The van der Waals surface area contributed by atoms with Crippen molar-refractivity contribution in [2.45, 2.75) is 93.5 Å². The lowest BCUT2D eigenvalue weighted by atomic mass is 9.33. The zero-order valence-corrected chi connectivity index (χ0v) is 22.9. The number of aryl methyl sites for hydroxylation is 1. The first-order valence-electron chi connectivity index (χ1n) is 14.4. The number of ether oxygens (including phenoxy) is 2. The second-order valence-electron chi connectivity index (χ2n) is 13.3. The van der Waals surface area contributed by atoms with Crippen molar-refractivity contribution in [3.8, 4) is 11.5 Å². The number of phenolic OH excluding ortho intramolecular Hbond substituents is 1. The van der Waals surface area contributed by atoms with Crippen LogP contribution >= 0.6 is 11.3 Å². The summed E-state index contributed by atoms with van der Waals surface area (Å²) in [7, 11) is 1.84. The van der Waals surface area contributed by atoms with E-state index in [1.807, 2.05) is 13.2 Å². The lowest BCUT2D eigenvalue weighted by molar-refractivity contribution is -0.302. The monoisotopic (exact) mass is 521 g/mol. The van der Waals surface area contributed by atoms with Crippen molar-refractivity contribution in [3.05, 3.63) is 45.6 Å². The van der Waals surface area contributed by atoms with E-state index in [0.717, 1.165) is 57.4 Å². The summed E-state index contributed by atoms with van der Waals surface area (Å²) in [5.74, 6) is 1.82. The number of phenols is 1. The molecule has 0 radical (unpaired) electrons. The summed E-state index contributed by atoms with van der Waals surface area (Å²) in [6.07, 6.45) is 9.25. The third kappa shape index (κ3) is 2.81. The maximum absolute atomic E-state index is 12.3. The molecule has 1 saturated heterocycles. The van der Waals surface area contributed by atoms with Gasteiger partial charge in [-0.05, 0) is 100 Å². The second-order valence-corrected chi connectivity index (χ2v) is 14.4. The summed E-state index contributed by atoms with van der Waals surface area (Å²) in [6.45, 7) is 4.36. The number of fused-ring (bicyclic) bond motifs is 2. The van der Waals surface area contributed by atoms with E-state index >= 15 is 0 Å². The average molecular weight is 522 g/mol. The Hall–Kier alpha value is -1.60. The van der Waals surface area contributed by atoms with E-state index in [0.29, 0.717) is 11.8 Å². The maximum Gasteiger partial charge on any atom is 0.165 e. The number of piperidine rings is 1. The lowest BCUT2D eigenvalue weighted by Gasteiger charge is -2.75. The highest BCUT2D eigenvalue weighted by Crippen LogP contribution is 2.77. The van der Waals surface area contributed by atoms with Crippen molar-refractivity contribution in [2.24, 2.45) is 17.3 Å². The fraction of sp³-hybridized carbons (Fsp3) is 0.677. The lowest BCUT2D eigenvalue weighted by Crippen LogP contribution is -2.82. The Morgan fingerprint density at radius 3 is 2.84 bits per heavy atom. The van der Waals surface area contributed by atoms with Gasteiger partial charge in [0, 0.05) is 46.9 Å². The van der Waals surface area contributed by atoms with Crippen LogP contribution in [-0.4, -0.2) is 58.7 Å². The van der Waals surface area contributed by atoms with E-state index in [-0.39, 0.29) is 28.6 Å². The molecule has 1 aromatic heterocycles. The molecular formula is C31H39NO4S. The van der Waals surface area contributed by atoms with Gasteiger partial charge in [-0.1, -0.05) is 12.1 Å². The van der Waals surface area contributed by atoms with Gasteiger partial charge in [0.15, 0.2) is 11.5 Å². The van der Waals surface area contributed by atoms with Crippen LogP contribution in [0.15, 0.2) is 29.6 Å². The summed E-state index contributed by atoms with van der Waals surface area (Å²) in [6, 6.07) is 8.75. The van der Waals surface area contributed by atoms with E-state index < -0.39 is 11.2 Å². The summed E-state index contributed by atoms with van der Waals surface area (Å²) in [5, 5.41) is 25.4. The highest BCUT2D eigenvalue weighted by molar-refractivity contribution is 7.09. The molecular weight excluding hydrogens is 482 g/mol. The van der Waals surface area contributed by atoms with Crippen molar-refractivity contribution in [3.63, 3.8) is 0 Å². The third-order valence-electron chi connectivity index (χ3n) is 11.9. The molecule has 6 heteroatoms. The highest BCUT2D eigenvalue weighted by atomic mass is 32.1. The Balaban J connectivity index is 1.28. The summed E-state index contributed by atoms with van der Waals surface area (Å²) < 4.78 is 13.5. The van der Waals surface area contributed by atoms with Gasteiger partial charge in [0.1, 0.15) is 11.7 Å². The van der Waals surface area contributed by atoms with E-state index in [1.165, 1.54) is 35.4 Å². The van der Waals surface area contributed by atoms with Crippen LogP contribution in [0.4, 0.5) is 0 Å². The Morgan fingerprint density at radius 2 is 2.08 bits per heavy atom. The minimum Gasteiger partial charge on any atom is -0.504 e. The van der Waals surface area contributed by atoms with Crippen LogP contribution in [0.1, 0.15) is 67.9 Å².